The Kier molecular flexibility index (Phi) is 6.36. The number of H-pyrrole nitrogens is 1. The molecule has 1 aliphatic heterocycles. The van der Waals surface area contributed by atoms with Crippen LogP contribution in [0.3, 0.4) is 0 Å². The molecule has 0 saturated carbocycles. The highest BCUT2D eigenvalue weighted by atomic mass is 31.3. The molecule has 1 fully saturated rings. The number of rotatable bonds is 7. The summed E-state index contributed by atoms with van der Waals surface area (Å²) in [6.45, 7) is -0.843. The first kappa shape index (κ1) is 21.1. The van der Waals surface area contributed by atoms with E-state index in [0.717, 1.165) is 23.9 Å². The molecule has 0 aromatic carbocycles. The number of hydrogen-bond donors (Lipinski definition) is 5. The monoisotopic (exact) mass is 418 g/mol. The van der Waals surface area contributed by atoms with Crippen molar-refractivity contribution < 1.29 is 47.2 Å². The lowest BCUT2D eigenvalue weighted by Crippen LogP contribution is -2.37. The summed E-state index contributed by atoms with van der Waals surface area (Å²) in [6, 6.07) is 0.979. The Hall–Kier alpha value is -1.18. The zero-order valence-electron chi connectivity index (χ0n) is 13.1. The van der Waals surface area contributed by atoms with Gasteiger partial charge in [-0.25, -0.2) is 13.9 Å². The summed E-state index contributed by atoms with van der Waals surface area (Å²) in [6.07, 6.45) is -5.11. The van der Waals surface area contributed by atoms with Gasteiger partial charge in [-0.05, 0) is 0 Å². The Morgan fingerprint density at radius 1 is 1.23 bits per heavy atom. The minimum absolute atomic E-state index is 0.691. The maximum Gasteiger partial charge on any atom is 0.481 e. The van der Waals surface area contributed by atoms with Crippen LogP contribution in [0, 0.1) is 0 Å². The number of hydrogen-bond acceptors (Lipinski definition) is 10. The van der Waals surface area contributed by atoms with Crippen LogP contribution in [-0.2, 0) is 27.2 Å². The Balaban J connectivity index is 2.08. The van der Waals surface area contributed by atoms with Gasteiger partial charge >= 0.3 is 21.3 Å². The third kappa shape index (κ3) is 4.96. The van der Waals surface area contributed by atoms with Gasteiger partial charge in [0.1, 0.15) is 18.3 Å². The lowest BCUT2D eigenvalue weighted by atomic mass is 10.1. The van der Waals surface area contributed by atoms with E-state index in [9.17, 15) is 33.8 Å². The molecule has 14 nitrogen and oxygen atoms in total. The maximum absolute atomic E-state index is 11.7. The summed E-state index contributed by atoms with van der Waals surface area (Å²) in [5.74, 6) is 0. The molecular formula is C10H16N2O12P2. The Bertz CT molecular complexity index is 851. The van der Waals surface area contributed by atoms with E-state index in [0.29, 0.717) is 0 Å². The van der Waals surface area contributed by atoms with E-state index < -0.39 is 58.0 Å². The number of nitrogens with zero attached hydrogens (tertiary/aromatic N) is 1. The normalized spacial score (nSPS) is 30.7. The number of aliphatic hydroxyl groups excluding tert-OH is 2. The molecule has 0 amide bonds. The standard InChI is InChI=1S/C10H16N2O12P2/c1-21-25(17,18)24-26(19,20)22-4-5-7(14)8(15)9(23-5)12-3-2-6(13)11-10(12)16/h2-3,5,7-9,14-15H,4H2,1H3,(H,17,18)(H,19,20)(H,11,13,16)/t5-,7?,8+,9-/m1/s1. The zero-order chi connectivity index (χ0) is 19.7. The largest absolute Gasteiger partial charge is 0.481 e. The Morgan fingerprint density at radius 2 is 1.88 bits per heavy atom. The van der Waals surface area contributed by atoms with E-state index in [1.807, 2.05) is 4.98 Å². The summed E-state index contributed by atoms with van der Waals surface area (Å²) in [5.41, 5.74) is -1.61. The molecule has 1 aromatic heterocycles. The van der Waals surface area contributed by atoms with Crippen LogP contribution in [0.2, 0.25) is 0 Å². The third-order valence-electron chi connectivity index (χ3n) is 3.30. The van der Waals surface area contributed by atoms with Crippen molar-refractivity contribution in [1.82, 2.24) is 9.55 Å². The number of ether oxygens (including phenoxy) is 1. The number of phosphoric acid groups is 2. The maximum atomic E-state index is 11.7. The summed E-state index contributed by atoms with van der Waals surface area (Å²) in [4.78, 5) is 43.1. The van der Waals surface area contributed by atoms with Crippen molar-refractivity contribution in [3.63, 3.8) is 0 Å². The average molecular weight is 418 g/mol. The fourth-order valence-corrected chi connectivity index (χ4v) is 3.91. The van der Waals surface area contributed by atoms with Gasteiger partial charge in [-0.2, -0.15) is 4.31 Å². The van der Waals surface area contributed by atoms with Gasteiger partial charge in [0.15, 0.2) is 6.23 Å². The molecule has 0 bridgehead atoms. The van der Waals surface area contributed by atoms with Crippen molar-refractivity contribution in [1.29, 1.82) is 0 Å². The van der Waals surface area contributed by atoms with Crippen LogP contribution in [0.25, 0.3) is 0 Å². The fourth-order valence-electron chi connectivity index (χ4n) is 2.08. The minimum atomic E-state index is -5.06. The van der Waals surface area contributed by atoms with Crippen molar-refractivity contribution in [3.05, 3.63) is 33.1 Å². The van der Waals surface area contributed by atoms with E-state index in [1.54, 1.807) is 0 Å². The highest BCUT2D eigenvalue weighted by Gasteiger charge is 2.45. The van der Waals surface area contributed by atoms with Crippen LogP contribution < -0.4 is 11.2 Å². The van der Waals surface area contributed by atoms with Crippen LogP contribution in [0.15, 0.2) is 21.9 Å². The number of nitrogens with one attached hydrogen (secondary N) is 1. The smallest absolute Gasteiger partial charge is 0.387 e. The first-order valence-electron chi connectivity index (χ1n) is 6.86. The van der Waals surface area contributed by atoms with Crippen molar-refractivity contribution in [2.24, 2.45) is 0 Å². The number of phosphoric ester groups is 2. The average Bonchev–Trinajstić information content (AvgIpc) is 2.80. The summed E-state index contributed by atoms with van der Waals surface area (Å²) >= 11 is 0. The van der Waals surface area contributed by atoms with Crippen molar-refractivity contribution in [3.8, 4) is 0 Å². The molecule has 0 spiro atoms. The van der Waals surface area contributed by atoms with E-state index in [1.165, 1.54) is 0 Å². The van der Waals surface area contributed by atoms with E-state index >= 15 is 0 Å². The van der Waals surface area contributed by atoms with Crippen LogP contribution in [0.5, 0.6) is 0 Å². The molecule has 5 N–H and O–H groups in total. The number of aromatic amines is 1. The van der Waals surface area contributed by atoms with Gasteiger partial charge in [0.25, 0.3) is 5.56 Å². The van der Waals surface area contributed by atoms with Gasteiger partial charge in [0.2, 0.25) is 0 Å². The second-order valence-corrected chi connectivity index (χ2v) is 8.21. The molecule has 1 saturated heterocycles. The van der Waals surface area contributed by atoms with Crippen LogP contribution >= 0.6 is 15.6 Å². The van der Waals surface area contributed by atoms with Crippen LogP contribution in [0.4, 0.5) is 0 Å². The number of aromatic nitrogens is 2. The lowest BCUT2D eigenvalue weighted by Gasteiger charge is -2.18. The summed E-state index contributed by atoms with van der Waals surface area (Å²) in [7, 11) is -9.13. The molecule has 1 aromatic rings. The van der Waals surface area contributed by atoms with Gasteiger partial charge < -0.3 is 24.7 Å². The Labute approximate surface area is 144 Å². The van der Waals surface area contributed by atoms with Gasteiger partial charge in [-0.3, -0.25) is 23.4 Å². The molecule has 2 rings (SSSR count). The lowest BCUT2D eigenvalue weighted by molar-refractivity contribution is -0.0542. The van der Waals surface area contributed by atoms with Gasteiger partial charge in [-0.1, -0.05) is 0 Å². The molecule has 0 aliphatic carbocycles. The summed E-state index contributed by atoms with van der Waals surface area (Å²) in [5, 5.41) is 19.9. The predicted molar refractivity (Wildman–Crippen MR) is 80.9 cm³/mol. The van der Waals surface area contributed by atoms with E-state index in [-0.39, 0.29) is 0 Å². The molecule has 26 heavy (non-hydrogen) atoms. The van der Waals surface area contributed by atoms with E-state index in [2.05, 4.69) is 13.4 Å². The third-order valence-corrected chi connectivity index (χ3v) is 5.89. The highest BCUT2D eigenvalue weighted by molar-refractivity contribution is 7.61. The molecule has 148 valence electrons. The SMILES string of the molecule is COP(=O)(O)OP(=O)(O)OC[C@H]1O[C@@H](n2ccc(=O)[nH]c2=O)[C@@H](O)C1O. The molecule has 1 aliphatic rings. The minimum Gasteiger partial charge on any atom is -0.387 e. The quantitative estimate of drug-likeness (QED) is 0.306. The first-order valence-corrected chi connectivity index (χ1v) is 9.85. The predicted octanol–water partition coefficient (Wildman–Crippen LogP) is -1.96. The summed E-state index contributed by atoms with van der Waals surface area (Å²) < 4.78 is 41.0. The zero-order valence-corrected chi connectivity index (χ0v) is 14.9. The van der Waals surface area contributed by atoms with Crippen molar-refractivity contribution in [2.45, 2.75) is 24.5 Å². The molecule has 3 unspecified atom stereocenters. The second-order valence-electron chi connectivity index (χ2n) is 5.06. The van der Waals surface area contributed by atoms with Gasteiger partial charge in [-0.15, -0.1) is 0 Å². The molecule has 0 radical (unpaired) electrons. The van der Waals surface area contributed by atoms with Crippen molar-refractivity contribution >= 4 is 15.6 Å². The first-order chi connectivity index (χ1) is 12.0. The van der Waals surface area contributed by atoms with Crippen LogP contribution in [0.1, 0.15) is 6.23 Å². The van der Waals surface area contributed by atoms with Gasteiger partial charge in [0, 0.05) is 19.4 Å². The van der Waals surface area contributed by atoms with Gasteiger partial charge in [0.05, 0.1) is 6.61 Å². The topological polar surface area (TPSA) is 207 Å². The molecule has 2 heterocycles. The molecular weight excluding hydrogens is 402 g/mol. The Morgan fingerprint density at radius 3 is 2.46 bits per heavy atom. The highest BCUT2D eigenvalue weighted by Crippen LogP contribution is 2.60. The molecule has 6 atom stereocenters. The number of aliphatic hydroxyl groups is 2. The molecule has 16 heteroatoms. The van der Waals surface area contributed by atoms with E-state index in [4.69, 9.17) is 9.63 Å². The van der Waals surface area contributed by atoms with Crippen molar-refractivity contribution in [2.75, 3.05) is 13.7 Å². The second kappa shape index (κ2) is 7.82. The fraction of sp³-hybridized carbons (Fsp3) is 0.600. The van der Waals surface area contributed by atoms with Crippen LogP contribution in [-0.4, -0.2) is 61.6 Å².